The maximum atomic E-state index is 13.5. The Morgan fingerprint density at radius 1 is 1.15 bits per heavy atom. The molecular formula is C25H26F3N3O3. The number of alkyl halides is 3. The molecule has 1 atom stereocenters. The monoisotopic (exact) mass is 473 g/mol. The fourth-order valence-corrected chi connectivity index (χ4v) is 4.72. The summed E-state index contributed by atoms with van der Waals surface area (Å²) in [5.41, 5.74) is -0.617. The third-order valence-electron chi connectivity index (χ3n) is 6.69. The molecule has 2 aliphatic rings. The minimum atomic E-state index is -4.63. The highest BCUT2D eigenvalue weighted by molar-refractivity contribution is 5.91. The standard InChI is InChI=1S/C25H26F3N3O3/c1-33-16-20-15-30(23(32)24(9-10-24)18-4-7-21(34-2)8-5-18)11-12-31(20)19-6-3-17(14-29)22(13-19)25(26,27)28/h3-8,13,20H,9-12,15-16H2,1-2H3. The lowest BCUT2D eigenvalue weighted by Crippen LogP contribution is -2.58. The van der Waals surface area contributed by atoms with Crippen LogP contribution in [-0.4, -0.2) is 57.3 Å². The summed E-state index contributed by atoms with van der Waals surface area (Å²) in [6.45, 7) is 1.34. The van der Waals surface area contributed by atoms with E-state index in [1.165, 1.54) is 19.2 Å². The first kappa shape index (κ1) is 23.9. The van der Waals surface area contributed by atoms with Gasteiger partial charge in [-0.05, 0) is 48.7 Å². The largest absolute Gasteiger partial charge is 0.497 e. The maximum Gasteiger partial charge on any atom is 0.417 e. The van der Waals surface area contributed by atoms with E-state index >= 15 is 0 Å². The molecule has 0 radical (unpaired) electrons. The van der Waals surface area contributed by atoms with Gasteiger partial charge in [0, 0.05) is 32.4 Å². The normalized spacial score (nSPS) is 19.5. The number of amides is 1. The molecule has 0 aromatic heterocycles. The van der Waals surface area contributed by atoms with Crippen molar-refractivity contribution in [1.82, 2.24) is 4.90 Å². The zero-order chi connectivity index (χ0) is 24.5. The molecule has 2 fully saturated rings. The molecule has 1 saturated heterocycles. The molecule has 1 aliphatic carbocycles. The van der Waals surface area contributed by atoms with E-state index in [0.717, 1.165) is 30.2 Å². The van der Waals surface area contributed by atoms with Crippen molar-refractivity contribution in [3.8, 4) is 11.8 Å². The Morgan fingerprint density at radius 3 is 2.41 bits per heavy atom. The average molecular weight is 473 g/mol. The van der Waals surface area contributed by atoms with Crippen molar-refractivity contribution in [2.24, 2.45) is 0 Å². The van der Waals surface area contributed by atoms with Crippen LogP contribution < -0.4 is 9.64 Å². The number of methoxy groups -OCH3 is 2. The van der Waals surface area contributed by atoms with Crippen LogP contribution in [0.25, 0.3) is 0 Å². The van der Waals surface area contributed by atoms with Gasteiger partial charge >= 0.3 is 6.18 Å². The predicted octanol–water partition coefficient (Wildman–Crippen LogP) is 3.98. The van der Waals surface area contributed by atoms with Gasteiger partial charge in [-0.3, -0.25) is 4.79 Å². The molecule has 9 heteroatoms. The van der Waals surface area contributed by atoms with Crippen LogP contribution in [0.2, 0.25) is 0 Å². The Hall–Kier alpha value is -3.25. The van der Waals surface area contributed by atoms with Crippen molar-refractivity contribution in [3.63, 3.8) is 0 Å². The summed E-state index contributed by atoms with van der Waals surface area (Å²) < 4.78 is 51.0. The first-order valence-corrected chi connectivity index (χ1v) is 11.0. The van der Waals surface area contributed by atoms with Crippen LogP contribution in [0.15, 0.2) is 42.5 Å². The zero-order valence-electron chi connectivity index (χ0n) is 19.1. The minimum absolute atomic E-state index is 0.0363. The van der Waals surface area contributed by atoms with Crippen LogP contribution in [0.1, 0.15) is 29.5 Å². The van der Waals surface area contributed by atoms with Gasteiger partial charge in [0.25, 0.3) is 0 Å². The molecule has 1 unspecified atom stereocenters. The van der Waals surface area contributed by atoms with Crippen LogP contribution >= 0.6 is 0 Å². The number of nitrogens with zero attached hydrogens (tertiary/aromatic N) is 3. The Labute approximate surface area is 196 Å². The number of ether oxygens (including phenoxy) is 2. The van der Waals surface area contributed by atoms with E-state index in [9.17, 15) is 18.0 Å². The number of benzene rings is 2. The Kier molecular flexibility index (Phi) is 6.45. The average Bonchev–Trinajstić information content (AvgIpc) is 3.65. The summed E-state index contributed by atoms with van der Waals surface area (Å²) in [6.07, 6.45) is -3.11. The van der Waals surface area contributed by atoms with Crippen molar-refractivity contribution < 1.29 is 27.4 Å². The second kappa shape index (κ2) is 9.18. The van der Waals surface area contributed by atoms with Gasteiger partial charge < -0.3 is 19.3 Å². The Balaban J connectivity index is 1.56. The van der Waals surface area contributed by atoms with E-state index in [2.05, 4.69) is 0 Å². The number of nitriles is 1. The molecule has 34 heavy (non-hydrogen) atoms. The number of rotatable bonds is 6. The molecule has 1 heterocycles. The van der Waals surface area contributed by atoms with Gasteiger partial charge in [-0.15, -0.1) is 0 Å². The Morgan fingerprint density at radius 2 is 1.85 bits per heavy atom. The van der Waals surface area contributed by atoms with Crippen LogP contribution in [-0.2, 0) is 21.1 Å². The first-order chi connectivity index (χ1) is 16.2. The minimum Gasteiger partial charge on any atom is -0.497 e. The van der Waals surface area contributed by atoms with Gasteiger partial charge in [-0.25, -0.2) is 0 Å². The van der Waals surface area contributed by atoms with Gasteiger partial charge in [0.1, 0.15) is 5.75 Å². The van der Waals surface area contributed by atoms with Crippen LogP contribution in [0.5, 0.6) is 5.75 Å². The lowest BCUT2D eigenvalue weighted by Gasteiger charge is -2.43. The second-order valence-electron chi connectivity index (χ2n) is 8.70. The van der Waals surface area contributed by atoms with E-state index in [-0.39, 0.29) is 18.6 Å². The highest BCUT2D eigenvalue weighted by Crippen LogP contribution is 2.50. The summed E-state index contributed by atoms with van der Waals surface area (Å²) in [5.74, 6) is 0.760. The Bertz CT molecular complexity index is 1090. The summed E-state index contributed by atoms with van der Waals surface area (Å²) >= 11 is 0. The number of halogens is 3. The molecule has 1 saturated carbocycles. The molecule has 1 aliphatic heterocycles. The van der Waals surface area contributed by atoms with E-state index in [4.69, 9.17) is 14.7 Å². The first-order valence-electron chi connectivity index (χ1n) is 11.0. The molecule has 2 aromatic rings. The van der Waals surface area contributed by atoms with E-state index in [1.54, 1.807) is 18.1 Å². The van der Waals surface area contributed by atoms with E-state index < -0.39 is 22.7 Å². The van der Waals surface area contributed by atoms with Gasteiger partial charge in [0.15, 0.2) is 0 Å². The van der Waals surface area contributed by atoms with Gasteiger partial charge in [-0.1, -0.05) is 12.1 Å². The van der Waals surface area contributed by atoms with Crippen LogP contribution in [0.4, 0.5) is 18.9 Å². The fraction of sp³-hybridized carbons (Fsp3) is 0.440. The van der Waals surface area contributed by atoms with Gasteiger partial charge in [0.05, 0.1) is 42.4 Å². The van der Waals surface area contributed by atoms with Gasteiger partial charge in [-0.2, -0.15) is 18.4 Å². The molecule has 6 nitrogen and oxygen atoms in total. The fourth-order valence-electron chi connectivity index (χ4n) is 4.72. The zero-order valence-corrected chi connectivity index (χ0v) is 19.1. The summed E-state index contributed by atoms with van der Waals surface area (Å²) in [5, 5.41) is 9.09. The SMILES string of the molecule is COCC1CN(C(=O)C2(c3ccc(OC)cc3)CC2)CCN1c1ccc(C#N)c(C(F)(F)F)c1. The summed E-state index contributed by atoms with van der Waals surface area (Å²) in [6, 6.07) is 12.6. The van der Waals surface area contributed by atoms with E-state index in [0.29, 0.717) is 25.3 Å². The molecule has 4 rings (SSSR count). The van der Waals surface area contributed by atoms with Crippen molar-refractivity contribution in [2.75, 3.05) is 45.4 Å². The maximum absolute atomic E-state index is 13.5. The highest BCUT2D eigenvalue weighted by atomic mass is 19.4. The lowest BCUT2D eigenvalue weighted by atomic mass is 9.93. The van der Waals surface area contributed by atoms with Crippen molar-refractivity contribution in [1.29, 1.82) is 5.26 Å². The number of carbonyl (C=O) groups excluding carboxylic acids is 1. The molecule has 0 spiro atoms. The molecule has 1 amide bonds. The number of anilines is 1. The molecule has 0 bridgehead atoms. The molecule has 180 valence electrons. The summed E-state index contributed by atoms with van der Waals surface area (Å²) in [7, 11) is 3.12. The van der Waals surface area contributed by atoms with Crippen LogP contribution in [0.3, 0.4) is 0 Å². The topological polar surface area (TPSA) is 65.8 Å². The van der Waals surface area contributed by atoms with Crippen molar-refractivity contribution in [3.05, 3.63) is 59.2 Å². The number of carbonyl (C=O) groups is 1. The molecule has 0 N–H and O–H groups in total. The third kappa shape index (κ3) is 4.42. The highest BCUT2D eigenvalue weighted by Gasteiger charge is 2.53. The van der Waals surface area contributed by atoms with Gasteiger partial charge in [0.2, 0.25) is 5.91 Å². The molecule has 2 aromatic carbocycles. The van der Waals surface area contributed by atoms with Crippen molar-refractivity contribution in [2.45, 2.75) is 30.5 Å². The number of hydrogen-bond acceptors (Lipinski definition) is 5. The lowest BCUT2D eigenvalue weighted by molar-refractivity contribution is -0.137. The second-order valence-corrected chi connectivity index (χ2v) is 8.70. The predicted molar refractivity (Wildman–Crippen MR) is 120 cm³/mol. The van der Waals surface area contributed by atoms with E-state index in [1.807, 2.05) is 29.2 Å². The summed E-state index contributed by atoms with van der Waals surface area (Å²) in [4.78, 5) is 17.2. The van der Waals surface area contributed by atoms with Crippen LogP contribution in [0, 0.1) is 11.3 Å². The number of piperazine rings is 1. The van der Waals surface area contributed by atoms with Crippen molar-refractivity contribution >= 4 is 11.6 Å². The number of hydrogen-bond donors (Lipinski definition) is 0. The smallest absolute Gasteiger partial charge is 0.417 e. The molecular weight excluding hydrogens is 447 g/mol. The quantitative estimate of drug-likeness (QED) is 0.635. The third-order valence-corrected chi connectivity index (χ3v) is 6.69.